The number of aliphatic carboxylic acids is 1. The van der Waals surface area contributed by atoms with E-state index in [1.807, 2.05) is 31.2 Å². The van der Waals surface area contributed by atoms with E-state index in [4.69, 9.17) is 9.84 Å². The average Bonchev–Trinajstić information content (AvgIpc) is 2.52. The Morgan fingerprint density at radius 2 is 1.91 bits per heavy atom. The molecule has 0 aliphatic rings. The van der Waals surface area contributed by atoms with E-state index in [1.165, 1.54) is 25.3 Å². The van der Waals surface area contributed by atoms with Gasteiger partial charge in [0.15, 0.2) is 0 Å². The number of methoxy groups -OCH3 is 1. The first kappa shape index (κ1) is 15.8. The lowest BCUT2D eigenvalue weighted by Gasteiger charge is -2.10. The number of ether oxygens (including phenoxy) is 1. The Kier molecular flexibility index (Phi) is 4.94. The Labute approximate surface area is 128 Å². The van der Waals surface area contributed by atoms with Gasteiger partial charge in [0.25, 0.3) is 0 Å². The van der Waals surface area contributed by atoms with Gasteiger partial charge in [-0.05, 0) is 41.3 Å². The molecule has 0 fully saturated rings. The SMILES string of the molecule is CC/C(=C\C(=O)O)c1ccc(-c2cc(F)ccc2OC)cc1. The molecule has 0 bridgehead atoms. The van der Waals surface area contributed by atoms with Gasteiger partial charge in [-0.1, -0.05) is 31.2 Å². The summed E-state index contributed by atoms with van der Waals surface area (Å²) in [4.78, 5) is 10.8. The van der Waals surface area contributed by atoms with Crippen molar-refractivity contribution in [2.75, 3.05) is 7.11 Å². The van der Waals surface area contributed by atoms with E-state index < -0.39 is 5.97 Å². The first-order chi connectivity index (χ1) is 10.5. The Balaban J connectivity index is 2.41. The van der Waals surface area contributed by atoms with Gasteiger partial charge in [-0.15, -0.1) is 0 Å². The highest BCUT2D eigenvalue weighted by Gasteiger charge is 2.08. The molecule has 2 rings (SSSR count). The van der Waals surface area contributed by atoms with Crippen molar-refractivity contribution >= 4 is 11.5 Å². The smallest absolute Gasteiger partial charge is 0.328 e. The van der Waals surface area contributed by atoms with Gasteiger partial charge in [0.05, 0.1) is 7.11 Å². The quantitative estimate of drug-likeness (QED) is 0.834. The summed E-state index contributed by atoms with van der Waals surface area (Å²) in [6, 6.07) is 11.7. The minimum absolute atomic E-state index is 0.333. The Morgan fingerprint density at radius 1 is 1.23 bits per heavy atom. The minimum Gasteiger partial charge on any atom is -0.496 e. The zero-order chi connectivity index (χ0) is 16.1. The van der Waals surface area contributed by atoms with Crippen molar-refractivity contribution < 1.29 is 19.0 Å². The summed E-state index contributed by atoms with van der Waals surface area (Å²) in [5.74, 6) is -0.710. The van der Waals surface area contributed by atoms with Crippen LogP contribution in [-0.4, -0.2) is 18.2 Å². The van der Waals surface area contributed by atoms with Crippen LogP contribution in [-0.2, 0) is 4.79 Å². The van der Waals surface area contributed by atoms with E-state index in [-0.39, 0.29) is 5.82 Å². The highest BCUT2D eigenvalue weighted by Crippen LogP contribution is 2.31. The second kappa shape index (κ2) is 6.89. The monoisotopic (exact) mass is 300 g/mol. The predicted octanol–water partition coefficient (Wildman–Crippen LogP) is 4.38. The number of allylic oxidation sites excluding steroid dienone is 1. The maximum Gasteiger partial charge on any atom is 0.328 e. The second-order valence-corrected chi connectivity index (χ2v) is 4.78. The molecule has 0 aliphatic carbocycles. The van der Waals surface area contributed by atoms with Gasteiger partial charge < -0.3 is 9.84 Å². The fourth-order valence-corrected chi connectivity index (χ4v) is 2.31. The van der Waals surface area contributed by atoms with Crippen LogP contribution in [0.25, 0.3) is 16.7 Å². The molecule has 0 spiro atoms. The lowest BCUT2D eigenvalue weighted by molar-refractivity contribution is -0.131. The summed E-state index contributed by atoms with van der Waals surface area (Å²) in [5, 5.41) is 8.87. The molecule has 0 radical (unpaired) electrons. The third-order valence-corrected chi connectivity index (χ3v) is 3.41. The van der Waals surface area contributed by atoms with Crippen molar-refractivity contribution in [3.63, 3.8) is 0 Å². The van der Waals surface area contributed by atoms with Crippen molar-refractivity contribution in [2.45, 2.75) is 13.3 Å². The van der Waals surface area contributed by atoms with E-state index >= 15 is 0 Å². The van der Waals surface area contributed by atoms with Crippen LogP contribution in [0, 0.1) is 5.82 Å². The van der Waals surface area contributed by atoms with E-state index in [1.54, 1.807) is 6.07 Å². The lowest BCUT2D eigenvalue weighted by Crippen LogP contribution is -1.93. The van der Waals surface area contributed by atoms with Crippen molar-refractivity contribution in [3.8, 4) is 16.9 Å². The van der Waals surface area contributed by atoms with Crippen molar-refractivity contribution in [3.05, 3.63) is 59.9 Å². The van der Waals surface area contributed by atoms with Crippen LogP contribution >= 0.6 is 0 Å². The van der Waals surface area contributed by atoms with Crippen LogP contribution in [0.15, 0.2) is 48.5 Å². The van der Waals surface area contributed by atoms with E-state index in [9.17, 15) is 9.18 Å². The van der Waals surface area contributed by atoms with Crippen LogP contribution in [0.2, 0.25) is 0 Å². The normalized spacial score (nSPS) is 11.3. The van der Waals surface area contributed by atoms with Crippen LogP contribution in [0.3, 0.4) is 0 Å². The lowest BCUT2D eigenvalue weighted by atomic mass is 9.98. The molecule has 1 N–H and O–H groups in total. The molecular weight excluding hydrogens is 283 g/mol. The molecule has 0 saturated heterocycles. The number of carboxylic acid groups (broad SMARTS) is 1. The zero-order valence-electron chi connectivity index (χ0n) is 12.5. The third-order valence-electron chi connectivity index (χ3n) is 3.41. The van der Waals surface area contributed by atoms with Crippen molar-refractivity contribution in [1.82, 2.24) is 0 Å². The highest BCUT2D eigenvalue weighted by molar-refractivity contribution is 5.90. The summed E-state index contributed by atoms with van der Waals surface area (Å²) in [7, 11) is 1.54. The fraction of sp³-hybridized carbons (Fsp3) is 0.167. The van der Waals surface area contributed by atoms with Crippen LogP contribution in [0.1, 0.15) is 18.9 Å². The molecule has 2 aromatic rings. The van der Waals surface area contributed by atoms with Gasteiger partial charge in [-0.3, -0.25) is 0 Å². The van der Waals surface area contributed by atoms with Gasteiger partial charge in [-0.2, -0.15) is 0 Å². The fourth-order valence-electron chi connectivity index (χ4n) is 2.31. The van der Waals surface area contributed by atoms with E-state index in [0.29, 0.717) is 17.7 Å². The number of benzene rings is 2. The Morgan fingerprint density at radius 3 is 2.45 bits per heavy atom. The van der Waals surface area contributed by atoms with Gasteiger partial charge in [0.1, 0.15) is 11.6 Å². The molecule has 0 aliphatic heterocycles. The molecule has 4 heteroatoms. The van der Waals surface area contributed by atoms with Gasteiger partial charge in [0, 0.05) is 11.6 Å². The molecule has 22 heavy (non-hydrogen) atoms. The number of rotatable bonds is 5. The van der Waals surface area contributed by atoms with Crippen molar-refractivity contribution in [2.24, 2.45) is 0 Å². The van der Waals surface area contributed by atoms with Crippen LogP contribution < -0.4 is 4.74 Å². The van der Waals surface area contributed by atoms with Crippen LogP contribution in [0.4, 0.5) is 4.39 Å². The standard InChI is InChI=1S/C18H17FO3/c1-3-12(10-18(20)21)13-4-6-14(7-5-13)16-11-15(19)8-9-17(16)22-2/h4-11H,3H2,1-2H3,(H,20,21)/b12-10+. The van der Waals surface area contributed by atoms with Gasteiger partial charge in [0.2, 0.25) is 0 Å². The molecule has 0 aromatic heterocycles. The Bertz CT molecular complexity index is 703. The van der Waals surface area contributed by atoms with Gasteiger partial charge >= 0.3 is 5.97 Å². The molecule has 0 atom stereocenters. The molecule has 3 nitrogen and oxygen atoms in total. The predicted molar refractivity (Wildman–Crippen MR) is 84.3 cm³/mol. The molecule has 0 amide bonds. The number of halogens is 1. The van der Waals surface area contributed by atoms with Gasteiger partial charge in [-0.25, -0.2) is 9.18 Å². The third kappa shape index (κ3) is 3.52. The highest BCUT2D eigenvalue weighted by atomic mass is 19.1. The van der Waals surface area contributed by atoms with Crippen molar-refractivity contribution in [1.29, 1.82) is 0 Å². The minimum atomic E-state index is -0.965. The van der Waals surface area contributed by atoms with Crippen LogP contribution in [0.5, 0.6) is 5.75 Å². The topological polar surface area (TPSA) is 46.5 Å². The maximum atomic E-state index is 13.4. The van der Waals surface area contributed by atoms with E-state index in [0.717, 1.165) is 16.7 Å². The first-order valence-electron chi connectivity index (χ1n) is 6.93. The zero-order valence-corrected chi connectivity index (χ0v) is 12.5. The molecule has 114 valence electrons. The first-order valence-corrected chi connectivity index (χ1v) is 6.93. The summed E-state index contributed by atoms with van der Waals surface area (Å²) in [5.41, 5.74) is 3.05. The molecule has 2 aromatic carbocycles. The molecular formula is C18H17FO3. The summed E-state index contributed by atoms with van der Waals surface area (Å²) in [6.45, 7) is 1.90. The molecule has 0 heterocycles. The van der Waals surface area contributed by atoms with E-state index in [2.05, 4.69) is 0 Å². The number of carboxylic acids is 1. The average molecular weight is 300 g/mol. The number of hydrogen-bond donors (Lipinski definition) is 1. The summed E-state index contributed by atoms with van der Waals surface area (Å²) < 4.78 is 18.7. The summed E-state index contributed by atoms with van der Waals surface area (Å²) >= 11 is 0. The number of carbonyl (C=O) groups is 1. The molecule has 0 unspecified atom stereocenters. The summed E-state index contributed by atoms with van der Waals surface area (Å²) in [6.07, 6.45) is 1.83. The Hall–Kier alpha value is -2.62. The maximum absolute atomic E-state index is 13.4. The molecule has 0 saturated carbocycles. The largest absolute Gasteiger partial charge is 0.496 e. The second-order valence-electron chi connectivity index (χ2n) is 4.78. The number of hydrogen-bond acceptors (Lipinski definition) is 2.